The van der Waals surface area contributed by atoms with E-state index in [2.05, 4.69) is 15.3 Å². The summed E-state index contributed by atoms with van der Waals surface area (Å²) in [7, 11) is 0. The van der Waals surface area contributed by atoms with Crippen LogP contribution in [0.25, 0.3) is 10.2 Å². The van der Waals surface area contributed by atoms with E-state index in [0.717, 1.165) is 16.0 Å². The van der Waals surface area contributed by atoms with E-state index in [4.69, 9.17) is 5.11 Å². The molecule has 2 heterocycles. The number of carboxylic acid groups (broad SMARTS) is 1. The van der Waals surface area contributed by atoms with Crippen molar-refractivity contribution in [2.45, 2.75) is 39.5 Å². The predicted octanol–water partition coefficient (Wildman–Crippen LogP) is 3.19. The summed E-state index contributed by atoms with van der Waals surface area (Å²) in [6.07, 6.45) is 0.952. The van der Waals surface area contributed by atoms with E-state index in [1.54, 1.807) is 18.2 Å². The smallest absolute Gasteiger partial charge is 0.303 e. The molecule has 0 radical (unpaired) electrons. The van der Waals surface area contributed by atoms with Gasteiger partial charge in [-0.15, -0.1) is 11.3 Å². The maximum absolute atomic E-state index is 12.3. The van der Waals surface area contributed by atoms with E-state index in [-0.39, 0.29) is 24.3 Å². The highest BCUT2D eigenvalue weighted by atomic mass is 32.1. The molecule has 1 aromatic carbocycles. The van der Waals surface area contributed by atoms with Crippen molar-refractivity contribution in [2.75, 3.05) is 5.32 Å². The molecule has 3 N–H and O–H groups in total. The largest absolute Gasteiger partial charge is 0.481 e. The Hall–Kier alpha value is -3.00. The number of H-pyrrole nitrogens is 1. The molecule has 3 aromatic rings. The highest BCUT2D eigenvalue weighted by Gasteiger charge is 2.13. The number of aromatic nitrogens is 2. The lowest BCUT2D eigenvalue weighted by Crippen LogP contribution is -2.16. The molecule has 0 spiro atoms. The van der Waals surface area contributed by atoms with Crippen LogP contribution in [-0.4, -0.2) is 27.0 Å². The van der Waals surface area contributed by atoms with Crippen LogP contribution in [-0.2, 0) is 22.4 Å². The second-order valence-corrected chi connectivity index (χ2v) is 7.82. The number of fused-ring (bicyclic) bond motifs is 1. The Morgan fingerprint density at radius 2 is 2.00 bits per heavy atom. The fraction of sp³-hybridized carbons (Fsp3) is 0.300. The highest BCUT2D eigenvalue weighted by Crippen LogP contribution is 2.25. The number of nitrogens with zero attached hydrogens (tertiary/aromatic N) is 1. The lowest BCUT2D eigenvalue weighted by molar-refractivity contribution is -0.137. The highest BCUT2D eigenvalue weighted by molar-refractivity contribution is 7.18. The first-order valence-electron chi connectivity index (χ1n) is 8.93. The Morgan fingerprint density at radius 1 is 1.21 bits per heavy atom. The first-order valence-corrected chi connectivity index (χ1v) is 9.74. The van der Waals surface area contributed by atoms with Crippen LogP contribution in [0.5, 0.6) is 0 Å². The van der Waals surface area contributed by atoms with Gasteiger partial charge >= 0.3 is 5.97 Å². The molecular formula is C20H21N3O4S. The average Bonchev–Trinajstić information content (AvgIpc) is 2.93. The molecule has 8 heteroatoms. The molecule has 0 saturated carbocycles. The minimum Gasteiger partial charge on any atom is -0.481 e. The molecule has 0 aliphatic carbocycles. The molecule has 28 heavy (non-hydrogen) atoms. The van der Waals surface area contributed by atoms with Crippen LogP contribution in [0.3, 0.4) is 0 Å². The normalized spacial score (nSPS) is 10.9. The molecule has 0 aliphatic rings. The number of aryl methyl sites for hydroxylation is 4. The van der Waals surface area contributed by atoms with Crippen molar-refractivity contribution in [3.63, 3.8) is 0 Å². The molecule has 3 rings (SSSR count). The van der Waals surface area contributed by atoms with Crippen LogP contribution in [0.2, 0.25) is 0 Å². The number of carbonyl (C=O) groups excluding carboxylic acids is 1. The van der Waals surface area contributed by atoms with Gasteiger partial charge in [0.15, 0.2) is 0 Å². The molecule has 7 nitrogen and oxygen atoms in total. The molecule has 2 aromatic heterocycles. The Morgan fingerprint density at radius 3 is 2.75 bits per heavy atom. The van der Waals surface area contributed by atoms with Crippen LogP contribution >= 0.6 is 11.3 Å². The van der Waals surface area contributed by atoms with Gasteiger partial charge in [0, 0.05) is 29.8 Å². The van der Waals surface area contributed by atoms with Gasteiger partial charge in [-0.1, -0.05) is 12.1 Å². The Balaban J connectivity index is 1.63. The van der Waals surface area contributed by atoms with Crippen molar-refractivity contribution in [2.24, 2.45) is 0 Å². The van der Waals surface area contributed by atoms with Crippen LogP contribution < -0.4 is 10.9 Å². The van der Waals surface area contributed by atoms with E-state index >= 15 is 0 Å². The zero-order valence-electron chi connectivity index (χ0n) is 15.7. The number of aromatic amines is 1. The van der Waals surface area contributed by atoms with Gasteiger partial charge in [-0.2, -0.15) is 0 Å². The number of benzene rings is 1. The molecule has 0 aliphatic heterocycles. The lowest BCUT2D eigenvalue weighted by Gasteiger charge is -2.07. The summed E-state index contributed by atoms with van der Waals surface area (Å²) in [5.41, 5.74) is 2.24. The van der Waals surface area contributed by atoms with E-state index in [1.165, 1.54) is 11.3 Å². The van der Waals surface area contributed by atoms with Gasteiger partial charge in [0.25, 0.3) is 5.56 Å². The van der Waals surface area contributed by atoms with Gasteiger partial charge < -0.3 is 15.4 Å². The summed E-state index contributed by atoms with van der Waals surface area (Å²) in [6, 6.07) is 7.13. The summed E-state index contributed by atoms with van der Waals surface area (Å²) < 4.78 is 0. The monoisotopic (exact) mass is 399 g/mol. The van der Waals surface area contributed by atoms with E-state index in [0.29, 0.717) is 34.6 Å². The van der Waals surface area contributed by atoms with Crippen molar-refractivity contribution < 1.29 is 14.7 Å². The fourth-order valence-corrected chi connectivity index (χ4v) is 3.98. The maximum atomic E-state index is 12.3. The van der Waals surface area contributed by atoms with Crippen molar-refractivity contribution >= 4 is 39.1 Å². The minimum absolute atomic E-state index is 0.0422. The number of thiophene rings is 1. The van der Waals surface area contributed by atoms with Gasteiger partial charge in [0.1, 0.15) is 10.7 Å². The third kappa shape index (κ3) is 4.64. The Bertz CT molecular complexity index is 1100. The molecule has 0 unspecified atom stereocenters. The van der Waals surface area contributed by atoms with Gasteiger partial charge in [-0.05, 0) is 43.5 Å². The molecule has 0 atom stereocenters. The molecule has 0 saturated heterocycles. The third-order valence-electron chi connectivity index (χ3n) is 4.52. The summed E-state index contributed by atoms with van der Waals surface area (Å²) >= 11 is 1.48. The van der Waals surface area contributed by atoms with Crippen molar-refractivity contribution in [1.82, 2.24) is 9.97 Å². The first kappa shape index (κ1) is 19.8. The SMILES string of the molecule is Cc1sc2nc(CCC(=O)Nc3cccc(CCC(=O)O)c3)[nH]c(=O)c2c1C. The fourth-order valence-electron chi connectivity index (χ4n) is 2.93. The van der Waals surface area contributed by atoms with Crippen molar-refractivity contribution in [1.29, 1.82) is 0 Å². The molecule has 1 amide bonds. The maximum Gasteiger partial charge on any atom is 0.303 e. The van der Waals surface area contributed by atoms with Crippen LogP contribution in [0.4, 0.5) is 5.69 Å². The second kappa shape index (κ2) is 8.35. The topological polar surface area (TPSA) is 112 Å². The number of hydrogen-bond donors (Lipinski definition) is 3. The van der Waals surface area contributed by atoms with Crippen LogP contribution in [0.1, 0.15) is 34.7 Å². The molecule has 0 bridgehead atoms. The van der Waals surface area contributed by atoms with E-state index < -0.39 is 5.97 Å². The van der Waals surface area contributed by atoms with Crippen LogP contribution in [0, 0.1) is 13.8 Å². The first-order chi connectivity index (χ1) is 13.3. The number of carbonyl (C=O) groups is 2. The van der Waals surface area contributed by atoms with Gasteiger partial charge in [-0.25, -0.2) is 4.98 Å². The van der Waals surface area contributed by atoms with E-state index in [9.17, 15) is 14.4 Å². The summed E-state index contributed by atoms with van der Waals surface area (Å²) in [5.74, 6) is -0.565. The standard InChI is InChI=1S/C20H21N3O4S/c1-11-12(2)28-20-18(11)19(27)22-15(23-20)7-8-16(24)21-14-5-3-4-13(10-14)6-9-17(25)26/h3-5,10H,6-9H2,1-2H3,(H,21,24)(H,25,26)(H,22,23,27). The summed E-state index contributed by atoms with van der Waals surface area (Å²) in [4.78, 5) is 44.2. The number of rotatable bonds is 7. The van der Waals surface area contributed by atoms with Gasteiger partial charge in [-0.3, -0.25) is 14.4 Å². The van der Waals surface area contributed by atoms with Gasteiger partial charge in [0.2, 0.25) is 5.91 Å². The van der Waals surface area contributed by atoms with E-state index in [1.807, 2.05) is 19.9 Å². The number of aliphatic carboxylic acids is 1. The number of amides is 1. The number of carboxylic acids is 1. The average molecular weight is 399 g/mol. The molecular weight excluding hydrogens is 378 g/mol. The molecule has 146 valence electrons. The number of anilines is 1. The zero-order chi connectivity index (χ0) is 20.3. The predicted molar refractivity (Wildman–Crippen MR) is 109 cm³/mol. The van der Waals surface area contributed by atoms with Crippen molar-refractivity contribution in [3.05, 3.63) is 56.4 Å². The third-order valence-corrected chi connectivity index (χ3v) is 5.62. The van der Waals surface area contributed by atoms with Crippen LogP contribution in [0.15, 0.2) is 29.1 Å². The zero-order valence-corrected chi connectivity index (χ0v) is 16.5. The Kier molecular flexibility index (Phi) is 5.89. The minimum atomic E-state index is -0.857. The van der Waals surface area contributed by atoms with Gasteiger partial charge in [0.05, 0.1) is 5.39 Å². The second-order valence-electron chi connectivity index (χ2n) is 6.62. The summed E-state index contributed by atoms with van der Waals surface area (Å²) in [6.45, 7) is 3.86. The number of hydrogen-bond acceptors (Lipinski definition) is 5. The number of nitrogens with one attached hydrogen (secondary N) is 2. The summed E-state index contributed by atoms with van der Waals surface area (Å²) in [5, 5.41) is 12.2. The quantitative estimate of drug-likeness (QED) is 0.565. The Labute approximate surface area is 165 Å². The lowest BCUT2D eigenvalue weighted by atomic mass is 10.1. The molecule has 0 fully saturated rings. The van der Waals surface area contributed by atoms with Crippen molar-refractivity contribution in [3.8, 4) is 0 Å².